The molecule has 0 aliphatic rings. The number of hydrogen-bond acceptors (Lipinski definition) is 5. The highest BCUT2D eigenvalue weighted by atomic mass is 32.2. The van der Waals surface area contributed by atoms with Crippen molar-refractivity contribution in [1.29, 1.82) is 0 Å². The minimum Gasteiger partial charge on any atom is -0.312 e. The third kappa shape index (κ3) is 4.01. The molecule has 4 rings (SSSR count). The SMILES string of the molecule is C=CCn1c(=NC(=O)c2cnn(-c3ccccc3)c2C)sc2cc(S(C)(=O)=O)ccc21. The first kappa shape index (κ1) is 21.0. The van der Waals surface area contributed by atoms with Gasteiger partial charge in [-0.3, -0.25) is 4.79 Å². The number of carbonyl (C=O) groups excluding carboxylic acids is 1. The van der Waals surface area contributed by atoms with Crippen molar-refractivity contribution in [3.8, 4) is 5.69 Å². The topological polar surface area (TPSA) is 86.3 Å². The quantitative estimate of drug-likeness (QED) is 0.434. The van der Waals surface area contributed by atoms with Gasteiger partial charge < -0.3 is 4.57 Å². The molecule has 0 aliphatic carbocycles. The fourth-order valence-corrected chi connectivity index (χ4v) is 5.07. The van der Waals surface area contributed by atoms with E-state index in [1.54, 1.807) is 29.0 Å². The van der Waals surface area contributed by atoms with Crippen LogP contribution in [-0.2, 0) is 16.4 Å². The molecule has 0 spiro atoms. The first-order chi connectivity index (χ1) is 14.8. The molecule has 0 atom stereocenters. The smallest absolute Gasteiger partial charge is 0.283 e. The Labute approximate surface area is 183 Å². The van der Waals surface area contributed by atoms with Gasteiger partial charge in [-0.15, -0.1) is 6.58 Å². The van der Waals surface area contributed by atoms with Gasteiger partial charge >= 0.3 is 0 Å². The zero-order valence-electron chi connectivity index (χ0n) is 17.0. The molecule has 0 N–H and O–H groups in total. The summed E-state index contributed by atoms with van der Waals surface area (Å²) in [5.41, 5.74) is 2.75. The Morgan fingerprint density at radius 2 is 1.97 bits per heavy atom. The lowest BCUT2D eigenvalue weighted by Gasteiger charge is -2.04. The van der Waals surface area contributed by atoms with Crippen LogP contribution in [0.5, 0.6) is 0 Å². The van der Waals surface area contributed by atoms with Crippen molar-refractivity contribution in [2.24, 2.45) is 4.99 Å². The monoisotopic (exact) mass is 452 g/mol. The summed E-state index contributed by atoms with van der Waals surface area (Å²) in [4.78, 5) is 18.0. The second-order valence-corrected chi connectivity index (χ2v) is 10.0. The number of rotatable bonds is 5. The lowest BCUT2D eigenvalue weighted by molar-refractivity contribution is 0.0997. The number of allylic oxidation sites excluding steroid dienone is 1. The van der Waals surface area contributed by atoms with Gasteiger partial charge in [0.2, 0.25) is 0 Å². The van der Waals surface area contributed by atoms with Gasteiger partial charge in [-0.25, -0.2) is 13.1 Å². The van der Waals surface area contributed by atoms with Gasteiger partial charge in [0.1, 0.15) is 0 Å². The molecule has 0 aliphatic heterocycles. The number of nitrogens with zero attached hydrogens (tertiary/aromatic N) is 4. The number of carbonyl (C=O) groups is 1. The van der Waals surface area contributed by atoms with Gasteiger partial charge in [-0.05, 0) is 37.3 Å². The van der Waals surface area contributed by atoms with Crippen molar-refractivity contribution in [3.05, 3.63) is 83.4 Å². The van der Waals surface area contributed by atoms with Gasteiger partial charge in [0.15, 0.2) is 14.6 Å². The van der Waals surface area contributed by atoms with E-state index in [1.165, 1.54) is 23.8 Å². The Hall–Kier alpha value is -3.30. The van der Waals surface area contributed by atoms with Gasteiger partial charge in [0.05, 0.1) is 38.3 Å². The summed E-state index contributed by atoms with van der Waals surface area (Å²) >= 11 is 1.26. The predicted molar refractivity (Wildman–Crippen MR) is 121 cm³/mol. The Bertz CT molecular complexity index is 1480. The number of fused-ring (bicyclic) bond motifs is 1. The first-order valence-corrected chi connectivity index (χ1v) is 12.1. The van der Waals surface area contributed by atoms with Crippen LogP contribution in [0.25, 0.3) is 15.9 Å². The third-order valence-corrected chi connectivity index (χ3v) is 6.98. The fourth-order valence-electron chi connectivity index (χ4n) is 3.27. The molecule has 0 radical (unpaired) electrons. The third-order valence-electron chi connectivity index (χ3n) is 4.83. The molecule has 0 unspecified atom stereocenters. The second kappa shape index (κ2) is 8.09. The predicted octanol–water partition coefficient (Wildman–Crippen LogP) is 3.53. The van der Waals surface area contributed by atoms with Crippen LogP contribution < -0.4 is 4.80 Å². The Morgan fingerprint density at radius 3 is 2.65 bits per heavy atom. The van der Waals surface area contributed by atoms with E-state index in [9.17, 15) is 13.2 Å². The molecule has 4 aromatic rings. The molecule has 2 heterocycles. The minimum atomic E-state index is -3.34. The number of benzene rings is 2. The molecule has 0 saturated heterocycles. The average Bonchev–Trinajstić information content (AvgIpc) is 3.28. The molecule has 7 nitrogen and oxygen atoms in total. The van der Waals surface area contributed by atoms with E-state index < -0.39 is 15.7 Å². The molecule has 158 valence electrons. The van der Waals surface area contributed by atoms with Crippen molar-refractivity contribution >= 4 is 37.3 Å². The molecule has 0 fully saturated rings. The summed E-state index contributed by atoms with van der Waals surface area (Å²) in [5, 5.41) is 4.34. The first-order valence-electron chi connectivity index (χ1n) is 9.43. The molecule has 0 bridgehead atoms. The van der Waals surface area contributed by atoms with E-state index in [4.69, 9.17) is 0 Å². The lowest BCUT2D eigenvalue weighted by atomic mass is 10.2. The molecule has 9 heteroatoms. The number of thiazole rings is 1. The zero-order valence-corrected chi connectivity index (χ0v) is 18.7. The molecule has 31 heavy (non-hydrogen) atoms. The zero-order chi connectivity index (χ0) is 22.2. The summed E-state index contributed by atoms with van der Waals surface area (Å²) in [6, 6.07) is 14.4. The maximum absolute atomic E-state index is 13.0. The number of para-hydroxylation sites is 1. The molecule has 0 saturated carbocycles. The normalized spacial score (nSPS) is 12.4. The number of aromatic nitrogens is 3. The van der Waals surface area contributed by atoms with Gasteiger partial charge in [-0.2, -0.15) is 10.1 Å². The summed E-state index contributed by atoms with van der Waals surface area (Å²) in [7, 11) is -3.34. The van der Waals surface area contributed by atoms with Crippen LogP contribution in [0.4, 0.5) is 0 Å². The molecule has 1 amide bonds. The van der Waals surface area contributed by atoms with E-state index in [2.05, 4.69) is 16.7 Å². The summed E-state index contributed by atoms with van der Waals surface area (Å²) in [6.45, 7) is 6.04. The van der Waals surface area contributed by atoms with Gasteiger partial charge in [0.25, 0.3) is 5.91 Å². The van der Waals surface area contributed by atoms with Crippen molar-refractivity contribution in [1.82, 2.24) is 14.3 Å². The Morgan fingerprint density at radius 1 is 1.23 bits per heavy atom. The fraction of sp³-hybridized carbons (Fsp3) is 0.136. The van der Waals surface area contributed by atoms with E-state index in [1.807, 2.05) is 41.8 Å². The van der Waals surface area contributed by atoms with Crippen LogP contribution in [-0.4, -0.2) is 34.9 Å². The highest BCUT2D eigenvalue weighted by Crippen LogP contribution is 2.22. The Kier molecular flexibility index (Phi) is 5.47. The van der Waals surface area contributed by atoms with Crippen LogP contribution in [0.1, 0.15) is 16.1 Å². The van der Waals surface area contributed by atoms with E-state index in [0.29, 0.717) is 22.6 Å². The van der Waals surface area contributed by atoms with Gasteiger partial charge in [-0.1, -0.05) is 35.6 Å². The van der Waals surface area contributed by atoms with E-state index in [0.717, 1.165) is 15.9 Å². The van der Waals surface area contributed by atoms with Crippen molar-refractivity contribution in [2.45, 2.75) is 18.4 Å². The molecule has 2 aromatic heterocycles. The largest absolute Gasteiger partial charge is 0.312 e. The maximum atomic E-state index is 13.0. The van der Waals surface area contributed by atoms with Crippen molar-refractivity contribution in [3.63, 3.8) is 0 Å². The lowest BCUT2D eigenvalue weighted by Crippen LogP contribution is -2.16. The highest BCUT2D eigenvalue weighted by molar-refractivity contribution is 7.90. The second-order valence-electron chi connectivity index (χ2n) is 6.99. The van der Waals surface area contributed by atoms with Crippen LogP contribution in [0.15, 0.2) is 77.3 Å². The van der Waals surface area contributed by atoms with Gasteiger partial charge in [0, 0.05) is 12.8 Å². The van der Waals surface area contributed by atoms with Crippen LogP contribution >= 0.6 is 11.3 Å². The summed E-state index contributed by atoms with van der Waals surface area (Å²) in [6.07, 6.45) is 4.39. The molecular weight excluding hydrogens is 432 g/mol. The summed E-state index contributed by atoms with van der Waals surface area (Å²) < 4.78 is 28.1. The Balaban J connectivity index is 1.82. The van der Waals surface area contributed by atoms with Crippen LogP contribution in [0, 0.1) is 6.92 Å². The van der Waals surface area contributed by atoms with Crippen LogP contribution in [0.2, 0.25) is 0 Å². The number of hydrogen-bond donors (Lipinski definition) is 0. The standard InChI is InChI=1S/C22H20N4O3S2/c1-4-12-25-19-11-10-17(31(3,28)29)13-20(19)30-22(25)24-21(27)18-14-23-26(15(18)2)16-8-6-5-7-9-16/h4-11,13-14H,1,12H2,2-3H3. The molecular formula is C22H20N4O3S2. The van der Waals surface area contributed by atoms with Crippen molar-refractivity contribution < 1.29 is 13.2 Å². The highest BCUT2D eigenvalue weighted by Gasteiger charge is 2.16. The minimum absolute atomic E-state index is 0.227. The molecule has 2 aromatic carbocycles. The average molecular weight is 453 g/mol. The number of sulfone groups is 1. The van der Waals surface area contributed by atoms with Crippen LogP contribution in [0.3, 0.4) is 0 Å². The number of amides is 1. The van der Waals surface area contributed by atoms with E-state index in [-0.39, 0.29) is 4.90 Å². The van der Waals surface area contributed by atoms with Crippen molar-refractivity contribution in [2.75, 3.05) is 6.26 Å². The maximum Gasteiger partial charge on any atom is 0.283 e. The summed E-state index contributed by atoms with van der Waals surface area (Å²) in [5.74, 6) is -0.410. The van der Waals surface area contributed by atoms with E-state index >= 15 is 0 Å².